The first-order chi connectivity index (χ1) is 8.15. The van der Waals surface area contributed by atoms with Gasteiger partial charge < -0.3 is 0 Å². The van der Waals surface area contributed by atoms with E-state index >= 15 is 0 Å². The van der Waals surface area contributed by atoms with E-state index in [1.807, 2.05) is 0 Å². The largest absolute Gasteiger partial charge is 0.248 e. The fraction of sp³-hybridized carbons (Fsp3) is 0.188. The highest BCUT2D eigenvalue weighted by molar-refractivity contribution is 5.97. The van der Waals surface area contributed by atoms with Crippen LogP contribution in [-0.4, -0.2) is 4.98 Å². The van der Waals surface area contributed by atoms with Crippen LogP contribution >= 0.6 is 0 Å². The first-order valence-corrected chi connectivity index (χ1v) is 5.92. The van der Waals surface area contributed by atoms with Crippen LogP contribution < -0.4 is 0 Å². The topological polar surface area (TPSA) is 12.9 Å². The van der Waals surface area contributed by atoms with Crippen LogP contribution in [0.4, 0.5) is 0 Å². The van der Waals surface area contributed by atoms with E-state index in [0.717, 1.165) is 11.0 Å². The SMILES string of the molecule is Cc1ccc2nc3ccc(C)cc3c(C)c2c1. The number of pyridine rings is 1. The Morgan fingerprint density at radius 2 is 1.18 bits per heavy atom. The molecule has 17 heavy (non-hydrogen) atoms. The van der Waals surface area contributed by atoms with Crippen molar-refractivity contribution in [3.8, 4) is 0 Å². The molecule has 0 atom stereocenters. The summed E-state index contributed by atoms with van der Waals surface area (Å²) in [5.41, 5.74) is 6.08. The lowest BCUT2D eigenvalue weighted by atomic mass is 10.0. The smallest absolute Gasteiger partial charge is 0.0712 e. The second-order valence-electron chi connectivity index (χ2n) is 4.78. The third-order valence-electron chi connectivity index (χ3n) is 3.35. The van der Waals surface area contributed by atoms with Crippen LogP contribution in [0.3, 0.4) is 0 Å². The van der Waals surface area contributed by atoms with Gasteiger partial charge in [-0.1, -0.05) is 23.3 Å². The van der Waals surface area contributed by atoms with E-state index < -0.39 is 0 Å². The first-order valence-electron chi connectivity index (χ1n) is 5.92. The summed E-state index contributed by atoms with van der Waals surface area (Å²) in [6.07, 6.45) is 0. The highest BCUT2D eigenvalue weighted by atomic mass is 14.7. The van der Waals surface area contributed by atoms with Crippen LogP contribution in [0.1, 0.15) is 16.7 Å². The molecule has 2 aromatic carbocycles. The number of benzene rings is 2. The molecule has 0 spiro atoms. The molecule has 84 valence electrons. The van der Waals surface area contributed by atoms with E-state index in [-0.39, 0.29) is 0 Å². The van der Waals surface area contributed by atoms with Crippen LogP contribution in [0.5, 0.6) is 0 Å². The predicted octanol–water partition coefficient (Wildman–Crippen LogP) is 4.31. The maximum absolute atomic E-state index is 4.72. The number of fused-ring (bicyclic) bond motifs is 2. The average molecular weight is 221 g/mol. The Kier molecular flexibility index (Phi) is 2.15. The van der Waals surface area contributed by atoms with Crippen molar-refractivity contribution in [1.29, 1.82) is 0 Å². The second kappa shape index (κ2) is 3.56. The lowest BCUT2D eigenvalue weighted by Crippen LogP contribution is -1.89. The Labute approximate surface area is 101 Å². The first kappa shape index (κ1) is 10.3. The molecular weight excluding hydrogens is 206 g/mol. The molecule has 0 N–H and O–H groups in total. The van der Waals surface area contributed by atoms with Gasteiger partial charge in [-0.3, -0.25) is 0 Å². The number of aromatic nitrogens is 1. The van der Waals surface area contributed by atoms with Gasteiger partial charge in [0.2, 0.25) is 0 Å². The van der Waals surface area contributed by atoms with Gasteiger partial charge in [0, 0.05) is 10.8 Å². The Morgan fingerprint density at radius 1 is 0.706 bits per heavy atom. The number of hydrogen-bond acceptors (Lipinski definition) is 1. The Morgan fingerprint density at radius 3 is 1.65 bits per heavy atom. The van der Waals surface area contributed by atoms with E-state index in [4.69, 9.17) is 4.98 Å². The van der Waals surface area contributed by atoms with E-state index in [9.17, 15) is 0 Å². The minimum Gasteiger partial charge on any atom is -0.248 e. The van der Waals surface area contributed by atoms with E-state index in [1.165, 1.54) is 27.5 Å². The number of aryl methyl sites for hydroxylation is 3. The minimum atomic E-state index is 1.09. The summed E-state index contributed by atoms with van der Waals surface area (Å²) >= 11 is 0. The van der Waals surface area contributed by atoms with E-state index in [0.29, 0.717) is 0 Å². The van der Waals surface area contributed by atoms with E-state index in [1.54, 1.807) is 0 Å². The van der Waals surface area contributed by atoms with E-state index in [2.05, 4.69) is 57.2 Å². The van der Waals surface area contributed by atoms with Crippen LogP contribution in [0.25, 0.3) is 21.8 Å². The molecule has 0 radical (unpaired) electrons. The van der Waals surface area contributed by atoms with Crippen molar-refractivity contribution in [2.75, 3.05) is 0 Å². The van der Waals surface area contributed by atoms with Gasteiger partial charge >= 0.3 is 0 Å². The molecule has 1 aromatic heterocycles. The average Bonchev–Trinajstić information content (AvgIpc) is 2.32. The third-order valence-corrected chi connectivity index (χ3v) is 3.35. The minimum absolute atomic E-state index is 1.09. The molecule has 0 aliphatic heterocycles. The molecule has 1 heteroatoms. The van der Waals surface area contributed by atoms with Crippen molar-refractivity contribution in [2.45, 2.75) is 20.8 Å². The maximum Gasteiger partial charge on any atom is 0.0712 e. The summed E-state index contributed by atoms with van der Waals surface area (Å²) in [5, 5.41) is 2.53. The number of hydrogen-bond donors (Lipinski definition) is 0. The summed E-state index contributed by atoms with van der Waals surface area (Å²) in [5.74, 6) is 0. The lowest BCUT2D eigenvalue weighted by Gasteiger charge is -2.08. The number of nitrogens with zero attached hydrogens (tertiary/aromatic N) is 1. The quantitative estimate of drug-likeness (QED) is 0.515. The van der Waals surface area contributed by atoms with Crippen molar-refractivity contribution >= 4 is 21.8 Å². The third kappa shape index (κ3) is 1.59. The summed E-state index contributed by atoms with van der Waals surface area (Å²) < 4.78 is 0. The van der Waals surface area contributed by atoms with Crippen LogP contribution in [0, 0.1) is 20.8 Å². The lowest BCUT2D eigenvalue weighted by molar-refractivity contribution is 1.40. The molecule has 0 saturated carbocycles. The zero-order chi connectivity index (χ0) is 12.0. The summed E-state index contributed by atoms with van der Waals surface area (Å²) in [6.45, 7) is 6.43. The Balaban J connectivity index is 2.53. The highest BCUT2D eigenvalue weighted by Gasteiger charge is 2.05. The fourth-order valence-corrected chi connectivity index (χ4v) is 2.37. The van der Waals surface area contributed by atoms with Gasteiger partial charge in [-0.05, 0) is 50.6 Å². The van der Waals surface area contributed by atoms with Crippen LogP contribution in [0.2, 0.25) is 0 Å². The predicted molar refractivity (Wildman–Crippen MR) is 73.5 cm³/mol. The molecule has 1 nitrogen and oxygen atoms in total. The monoisotopic (exact) mass is 221 g/mol. The van der Waals surface area contributed by atoms with Crippen molar-refractivity contribution in [3.63, 3.8) is 0 Å². The molecule has 3 rings (SSSR count). The van der Waals surface area contributed by atoms with Crippen molar-refractivity contribution in [3.05, 3.63) is 53.1 Å². The standard InChI is InChI=1S/C16H15N/c1-10-4-6-15-13(8-10)12(3)14-9-11(2)5-7-16(14)17-15/h4-9H,1-3H3. The summed E-state index contributed by atoms with van der Waals surface area (Å²) in [7, 11) is 0. The maximum atomic E-state index is 4.72. The fourth-order valence-electron chi connectivity index (χ4n) is 2.37. The van der Waals surface area contributed by atoms with Gasteiger partial charge in [0.15, 0.2) is 0 Å². The van der Waals surface area contributed by atoms with Gasteiger partial charge in [0.05, 0.1) is 11.0 Å². The van der Waals surface area contributed by atoms with Crippen molar-refractivity contribution in [1.82, 2.24) is 4.98 Å². The molecule has 0 aliphatic carbocycles. The van der Waals surface area contributed by atoms with Gasteiger partial charge in [0.1, 0.15) is 0 Å². The molecule has 0 unspecified atom stereocenters. The van der Waals surface area contributed by atoms with Gasteiger partial charge in [-0.25, -0.2) is 4.98 Å². The summed E-state index contributed by atoms with van der Waals surface area (Å²) in [6, 6.07) is 12.9. The zero-order valence-electron chi connectivity index (χ0n) is 10.4. The van der Waals surface area contributed by atoms with Crippen molar-refractivity contribution < 1.29 is 0 Å². The molecule has 3 aromatic rings. The second-order valence-corrected chi connectivity index (χ2v) is 4.78. The Bertz CT molecular complexity index is 666. The highest BCUT2D eigenvalue weighted by Crippen LogP contribution is 2.26. The molecule has 0 fully saturated rings. The normalized spacial score (nSPS) is 11.2. The van der Waals surface area contributed by atoms with Gasteiger partial charge in [0.25, 0.3) is 0 Å². The molecule has 0 amide bonds. The Hall–Kier alpha value is -1.89. The molecular formula is C16H15N. The van der Waals surface area contributed by atoms with Crippen molar-refractivity contribution in [2.24, 2.45) is 0 Å². The molecule has 0 bridgehead atoms. The van der Waals surface area contributed by atoms with Gasteiger partial charge in [-0.2, -0.15) is 0 Å². The molecule has 1 heterocycles. The number of rotatable bonds is 0. The van der Waals surface area contributed by atoms with Crippen LogP contribution in [-0.2, 0) is 0 Å². The molecule has 0 saturated heterocycles. The van der Waals surface area contributed by atoms with Gasteiger partial charge in [-0.15, -0.1) is 0 Å². The zero-order valence-corrected chi connectivity index (χ0v) is 10.4. The van der Waals surface area contributed by atoms with Crippen LogP contribution in [0.15, 0.2) is 36.4 Å². The molecule has 0 aliphatic rings. The summed E-state index contributed by atoms with van der Waals surface area (Å²) in [4.78, 5) is 4.72.